The quantitative estimate of drug-likeness (QED) is 0.870. The zero-order valence-electron chi connectivity index (χ0n) is 11.0. The molecule has 5 nitrogen and oxygen atoms in total. The number of hydrogen-bond donors (Lipinski definition) is 1. The molecule has 2 atom stereocenters. The van der Waals surface area contributed by atoms with Crippen molar-refractivity contribution < 1.29 is 14.7 Å². The van der Waals surface area contributed by atoms with Crippen LogP contribution in [0.5, 0.6) is 0 Å². The predicted molar refractivity (Wildman–Crippen MR) is 68.7 cm³/mol. The molecule has 2 aliphatic rings. The summed E-state index contributed by atoms with van der Waals surface area (Å²) in [5, 5.41) is 9.16. The third kappa shape index (κ3) is 1.64. The largest absolute Gasteiger partial charge is 0.481 e. The molecule has 1 aromatic heterocycles. The van der Waals surface area contributed by atoms with Crippen LogP contribution in [0.25, 0.3) is 0 Å². The number of amides is 1. The van der Waals surface area contributed by atoms with E-state index in [-0.39, 0.29) is 5.91 Å². The van der Waals surface area contributed by atoms with Gasteiger partial charge in [-0.05, 0) is 23.5 Å². The highest BCUT2D eigenvalue weighted by atomic mass is 16.4. The van der Waals surface area contributed by atoms with Gasteiger partial charge in [0, 0.05) is 12.7 Å². The fraction of sp³-hybridized carbons (Fsp3) is 0.500. The molecule has 100 valence electrons. The van der Waals surface area contributed by atoms with Crippen molar-refractivity contribution in [1.82, 2.24) is 4.98 Å². The van der Waals surface area contributed by atoms with Gasteiger partial charge in [-0.15, -0.1) is 0 Å². The summed E-state index contributed by atoms with van der Waals surface area (Å²) < 4.78 is 0. The maximum Gasteiger partial charge on any atom is 0.307 e. The fourth-order valence-electron chi connectivity index (χ4n) is 3.18. The first-order valence-electron chi connectivity index (χ1n) is 6.41. The minimum absolute atomic E-state index is 0.0795. The molecular formula is C14H16N2O3. The second kappa shape index (κ2) is 3.79. The Morgan fingerprint density at radius 1 is 1.42 bits per heavy atom. The van der Waals surface area contributed by atoms with Gasteiger partial charge in [0.25, 0.3) is 0 Å². The van der Waals surface area contributed by atoms with Gasteiger partial charge in [-0.25, -0.2) is 0 Å². The average Bonchev–Trinajstić information content (AvgIpc) is 2.74. The van der Waals surface area contributed by atoms with E-state index in [1.54, 1.807) is 17.3 Å². The number of pyridine rings is 1. The van der Waals surface area contributed by atoms with E-state index in [2.05, 4.69) is 4.98 Å². The van der Waals surface area contributed by atoms with Crippen LogP contribution in [0.2, 0.25) is 0 Å². The third-order valence-electron chi connectivity index (χ3n) is 4.41. The van der Waals surface area contributed by atoms with Gasteiger partial charge in [-0.2, -0.15) is 0 Å². The molecule has 1 N–H and O–H groups in total. The lowest BCUT2D eigenvalue weighted by Gasteiger charge is -2.17. The smallest absolute Gasteiger partial charge is 0.307 e. The summed E-state index contributed by atoms with van der Waals surface area (Å²) >= 11 is 0. The summed E-state index contributed by atoms with van der Waals surface area (Å²) in [6.45, 7) is 4.31. The second-order valence-corrected chi connectivity index (χ2v) is 5.86. The Morgan fingerprint density at radius 2 is 2.16 bits per heavy atom. The molecule has 0 bridgehead atoms. The van der Waals surface area contributed by atoms with E-state index in [4.69, 9.17) is 5.11 Å². The van der Waals surface area contributed by atoms with Crippen molar-refractivity contribution >= 4 is 17.6 Å². The Balaban J connectivity index is 1.86. The number of anilines is 1. The summed E-state index contributed by atoms with van der Waals surface area (Å²) in [6.07, 6.45) is 4.22. The zero-order valence-corrected chi connectivity index (χ0v) is 11.0. The lowest BCUT2D eigenvalue weighted by molar-refractivity contribution is -0.140. The van der Waals surface area contributed by atoms with Crippen molar-refractivity contribution in [2.75, 3.05) is 11.4 Å². The average molecular weight is 260 g/mol. The SMILES string of the molecule is CC1(C)[C@H](C(=O)O)[C@@H]1C(=O)N1CCc2ccncc21. The molecule has 1 amide bonds. The number of carbonyl (C=O) groups excluding carboxylic acids is 1. The zero-order chi connectivity index (χ0) is 13.8. The standard InChI is InChI=1S/C14H16N2O3/c1-14(2)10(11(14)13(18)19)12(17)16-6-4-8-3-5-15-7-9(8)16/h3,5,7,10-11H,4,6H2,1-2H3,(H,18,19)/t10-,11+/m1/s1. The number of carboxylic acids is 1. The summed E-state index contributed by atoms with van der Waals surface area (Å²) in [5.41, 5.74) is 1.49. The van der Waals surface area contributed by atoms with Gasteiger partial charge in [0.2, 0.25) is 5.91 Å². The second-order valence-electron chi connectivity index (χ2n) is 5.86. The monoisotopic (exact) mass is 260 g/mol. The first-order chi connectivity index (χ1) is 8.94. The van der Waals surface area contributed by atoms with Crippen LogP contribution in [-0.4, -0.2) is 28.5 Å². The van der Waals surface area contributed by atoms with Crippen molar-refractivity contribution in [1.29, 1.82) is 0 Å². The van der Waals surface area contributed by atoms with Crippen LogP contribution < -0.4 is 4.90 Å². The Hall–Kier alpha value is -1.91. The summed E-state index contributed by atoms with van der Waals surface area (Å²) in [4.78, 5) is 29.4. The van der Waals surface area contributed by atoms with Crippen LogP contribution in [0.15, 0.2) is 18.5 Å². The van der Waals surface area contributed by atoms with Crippen LogP contribution >= 0.6 is 0 Å². The van der Waals surface area contributed by atoms with Gasteiger partial charge in [-0.1, -0.05) is 13.8 Å². The van der Waals surface area contributed by atoms with Crippen LogP contribution in [0.3, 0.4) is 0 Å². The lowest BCUT2D eigenvalue weighted by atomic mass is 10.1. The van der Waals surface area contributed by atoms with Gasteiger partial charge < -0.3 is 10.0 Å². The van der Waals surface area contributed by atoms with Crippen LogP contribution in [-0.2, 0) is 16.0 Å². The summed E-state index contributed by atoms with van der Waals surface area (Å²) in [6, 6.07) is 1.91. The molecule has 1 aliphatic heterocycles. The summed E-state index contributed by atoms with van der Waals surface area (Å²) in [5.74, 6) is -1.95. The van der Waals surface area contributed by atoms with Crippen LogP contribution in [0, 0.1) is 17.3 Å². The molecule has 19 heavy (non-hydrogen) atoms. The minimum Gasteiger partial charge on any atom is -0.481 e. The lowest BCUT2D eigenvalue weighted by Crippen LogP contribution is -2.32. The molecule has 1 fully saturated rings. The van der Waals surface area contributed by atoms with E-state index in [1.807, 2.05) is 19.9 Å². The molecule has 1 aliphatic carbocycles. The minimum atomic E-state index is -0.881. The first kappa shape index (κ1) is 12.1. The van der Waals surface area contributed by atoms with E-state index in [1.165, 1.54) is 0 Å². The molecule has 1 aromatic rings. The molecule has 3 rings (SSSR count). The Kier molecular flexibility index (Phi) is 2.42. The highest BCUT2D eigenvalue weighted by molar-refractivity contribution is 6.02. The van der Waals surface area contributed by atoms with E-state index < -0.39 is 23.2 Å². The Morgan fingerprint density at radius 3 is 2.79 bits per heavy atom. The van der Waals surface area contributed by atoms with Crippen LogP contribution in [0.4, 0.5) is 5.69 Å². The number of aliphatic carboxylic acids is 1. The normalized spacial score (nSPS) is 26.9. The van der Waals surface area contributed by atoms with Gasteiger partial charge in [-0.3, -0.25) is 14.6 Å². The molecule has 0 unspecified atom stereocenters. The molecule has 2 heterocycles. The number of carbonyl (C=O) groups is 2. The van der Waals surface area contributed by atoms with Crippen molar-refractivity contribution in [3.8, 4) is 0 Å². The van der Waals surface area contributed by atoms with Gasteiger partial charge >= 0.3 is 5.97 Å². The van der Waals surface area contributed by atoms with Crippen molar-refractivity contribution in [3.05, 3.63) is 24.0 Å². The highest BCUT2D eigenvalue weighted by Crippen LogP contribution is 2.59. The van der Waals surface area contributed by atoms with Crippen molar-refractivity contribution in [3.63, 3.8) is 0 Å². The number of fused-ring (bicyclic) bond motifs is 1. The molecule has 1 saturated carbocycles. The topological polar surface area (TPSA) is 70.5 Å². The molecule has 0 spiro atoms. The molecule has 0 aromatic carbocycles. The van der Waals surface area contributed by atoms with E-state index in [9.17, 15) is 9.59 Å². The van der Waals surface area contributed by atoms with Crippen molar-refractivity contribution in [2.45, 2.75) is 20.3 Å². The van der Waals surface area contributed by atoms with Gasteiger partial charge in [0.1, 0.15) is 0 Å². The molecule has 5 heteroatoms. The third-order valence-corrected chi connectivity index (χ3v) is 4.41. The maximum atomic E-state index is 12.5. The predicted octanol–water partition coefficient (Wildman–Crippen LogP) is 1.33. The Bertz CT molecular complexity index is 568. The highest BCUT2D eigenvalue weighted by Gasteiger charge is 2.66. The number of aromatic nitrogens is 1. The van der Waals surface area contributed by atoms with E-state index in [0.717, 1.165) is 17.7 Å². The maximum absolute atomic E-state index is 12.5. The fourth-order valence-corrected chi connectivity index (χ4v) is 3.18. The number of rotatable bonds is 2. The Labute approximate surface area is 111 Å². The number of carboxylic acid groups (broad SMARTS) is 1. The van der Waals surface area contributed by atoms with Crippen LogP contribution in [0.1, 0.15) is 19.4 Å². The first-order valence-corrected chi connectivity index (χ1v) is 6.41. The number of nitrogens with zero attached hydrogens (tertiary/aromatic N) is 2. The molecular weight excluding hydrogens is 244 g/mol. The number of hydrogen-bond acceptors (Lipinski definition) is 3. The van der Waals surface area contributed by atoms with Gasteiger partial charge in [0.05, 0.1) is 23.7 Å². The van der Waals surface area contributed by atoms with Crippen molar-refractivity contribution in [2.24, 2.45) is 17.3 Å². The van der Waals surface area contributed by atoms with Gasteiger partial charge in [0.15, 0.2) is 0 Å². The van der Waals surface area contributed by atoms with E-state index in [0.29, 0.717) is 6.54 Å². The summed E-state index contributed by atoms with van der Waals surface area (Å²) in [7, 11) is 0. The molecule has 0 saturated heterocycles. The van der Waals surface area contributed by atoms with E-state index >= 15 is 0 Å². The molecule has 0 radical (unpaired) electrons.